The molecule has 3 heterocycles. The van der Waals surface area contributed by atoms with E-state index in [2.05, 4.69) is 15.2 Å². The normalized spacial score (nSPS) is 17.1. The minimum atomic E-state index is -3.53. The molecule has 0 saturated carbocycles. The van der Waals surface area contributed by atoms with Crippen LogP contribution in [0.2, 0.25) is 0 Å². The predicted octanol–water partition coefficient (Wildman–Crippen LogP) is 2.82. The highest BCUT2D eigenvalue weighted by Crippen LogP contribution is 2.28. The average molecular weight is 496 g/mol. The number of rotatable bonds is 7. The van der Waals surface area contributed by atoms with E-state index >= 15 is 0 Å². The molecule has 2 aliphatic rings. The number of hydrogen-bond acceptors (Lipinski definition) is 7. The second-order valence-electron chi connectivity index (χ2n) is 8.79. The fourth-order valence-electron chi connectivity index (χ4n) is 4.44. The van der Waals surface area contributed by atoms with E-state index in [0.717, 1.165) is 42.5 Å². The van der Waals surface area contributed by atoms with Crippen molar-refractivity contribution in [3.8, 4) is 0 Å². The van der Waals surface area contributed by atoms with Crippen LogP contribution in [-0.2, 0) is 26.0 Å². The van der Waals surface area contributed by atoms with Gasteiger partial charge in [0.15, 0.2) is 11.6 Å². The lowest BCUT2D eigenvalue weighted by Gasteiger charge is -2.26. The predicted molar refractivity (Wildman–Crippen MR) is 134 cm³/mol. The summed E-state index contributed by atoms with van der Waals surface area (Å²) in [6.07, 6.45) is 2.94. The van der Waals surface area contributed by atoms with Crippen LogP contribution in [0, 0.1) is 0 Å². The molecule has 1 aromatic heterocycles. The van der Waals surface area contributed by atoms with E-state index in [1.165, 1.54) is 4.31 Å². The van der Waals surface area contributed by atoms with Crippen LogP contribution < -0.4 is 10.2 Å². The first kappa shape index (κ1) is 23.7. The maximum atomic E-state index is 12.8. The largest absolute Gasteiger partial charge is 0.379 e. The lowest BCUT2D eigenvalue weighted by Crippen LogP contribution is -2.40. The number of nitrogens with one attached hydrogen (secondary N) is 1. The highest BCUT2D eigenvalue weighted by molar-refractivity contribution is 7.89. The molecule has 9 nitrogen and oxygen atoms in total. The summed E-state index contributed by atoms with van der Waals surface area (Å²) in [5, 5.41) is 2.96. The molecule has 10 heteroatoms. The molecule has 0 spiro atoms. The summed E-state index contributed by atoms with van der Waals surface area (Å²) in [7, 11) is -3.53. The minimum Gasteiger partial charge on any atom is -0.379 e. The molecule has 0 unspecified atom stereocenters. The van der Waals surface area contributed by atoms with Crippen molar-refractivity contribution in [3.63, 3.8) is 0 Å². The van der Waals surface area contributed by atoms with Crippen LogP contribution >= 0.6 is 0 Å². The summed E-state index contributed by atoms with van der Waals surface area (Å²) < 4.78 is 32.3. The molecule has 1 amide bonds. The first-order valence-corrected chi connectivity index (χ1v) is 13.4. The number of amides is 1. The van der Waals surface area contributed by atoms with Gasteiger partial charge < -0.3 is 15.0 Å². The van der Waals surface area contributed by atoms with Crippen molar-refractivity contribution in [1.29, 1.82) is 0 Å². The quantitative estimate of drug-likeness (QED) is 0.537. The summed E-state index contributed by atoms with van der Waals surface area (Å²) in [6, 6.07) is 14.4. The van der Waals surface area contributed by atoms with Crippen molar-refractivity contribution in [3.05, 3.63) is 54.1 Å². The summed E-state index contributed by atoms with van der Waals surface area (Å²) in [6.45, 7) is 3.34. The van der Waals surface area contributed by atoms with Gasteiger partial charge in [0.05, 0.1) is 29.1 Å². The minimum absolute atomic E-state index is 0.153. The van der Waals surface area contributed by atoms with E-state index in [1.54, 1.807) is 24.3 Å². The Hall–Kier alpha value is -3.08. The number of carbonyl (C=O) groups excluding carboxylic acids is 1. The molecule has 0 atom stereocenters. The maximum Gasteiger partial charge on any atom is 0.243 e. The molecule has 35 heavy (non-hydrogen) atoms. The zero-order chi connectivity index (χ0) is 24.3. The van der Waals surface area contributed by atoms with E-state index in [1.807, 2.05) is 24.3 Å². The highest BCUT2D eigenvalue weighted by Gasteiger charge is 2.26. The lowest BCUT2D eigenvalue weighted by atomic mass is 10.1. The Morgan fingerprint density at radius 2 is 1.57 bits per heavy atom. The molecule has 184 valence electrons. The van der Waals surface area contributed by atoms with Crippen LogP contribution in [0.25, 0.3) is 11.0 Å². The number of anilines is 2. The molecule has 2 aliphatic heterocycles. The van der Waals surface area contributed by atoms with Gasteiger partial charge in [-0.1, -0.05) is 24.3 Å². The van der Waals surface area contributed by atoms with Gasteiger partial charge in [-0.05, 0) is 49.1 Å². The van der Waals surface area contributed by atoms with E-state index < -0.39 is 10.0 Å². The zero-order valence-electron chi connectivity index (χ0n) is 19.5. The Labute approximate surface area is 205 Å². The summed E-state index contributed by atoms with van der Waals surface area (Å²) in [5.41, 5.74) is 2.44. The van der Waals surface area contributed by atoms with E-state index in [-0.39, 0.29) is 17.2 Å². The molecule has 0 bridgehead atoms. The van der Waals surface area contributed by atoms with Gasteiger partial charge in [-0.3, -0.25) is 4.79 Å². The second kappa shape index (κ2) is 10.3. The highest BCUT2D eigenvalue weighted by atomic mass is 32.2. The first-order chi connectivity index (χ1) is 17.0. The third-order valence-corrected chi connectivity index (χ3v) is 8.30. The van der Waals surface area contributed by atoms with Crippen LogP contribution in [0.15, 0.2) is 53.4 Å². The third-order valence-electron chi connectivity index (χ3n) is 6.39. The van der Waals surface area contributed by atoms with Crippen molar-refractivity contribution < 1.29 is 17.9 Å². The van der Waals surface area contributed by atoms with Gasteiger partial charge in [-0.25, -0.2) is 18.4 Å². The molecule has 0 radical (unpaired) electrons. The number of hydrogen-bond donors (Lipinski definition) is 1. The lowest BCUT2D eigenvalue weighted by molar-refractivity contribution is -0.116. The van der Waals surface area contributed by atoms with Gasteiger partial charge in [0.25, 0.3) is 0 Å². The Morgan fingerprint density at radius 1 is 0.914 bits per heavy atom. The standard InChI is InChI=1S/C25H29N5O4S/c31-23(12-9-19-7-10-20(11-8-19)35(32,33)30-15-17-34-18-16-30)28-24-25(29-13-3-4-14-29)27-22-6-2-1-5-21(22)26-24/h1-2,5-8,10-11H,3-4,9,12-18H2,(H,26,28,31). The van der Waals surface area contributed by atoms with Gasteiger partial charge in [-0.15, -0.1) is 0 Å². The number of carbonyl (C=O) groups is 1. The van der Waals surface area contributed by atoms with Crippen LogP contribution in [0.1, 0.15) is 24.8 Å². The van der Waals surface area contributed by atoms with Gasteiger partial charge in [0, 0.05) is 32.6 Å². The number of aryl methyl sites for hydroxylation is 1. The maximum absolute atomic E-state index is 12.8. The summed E-state index contributed by atoms with van der Waals surface area (Å²) >= 11 is 0. The monoisotopic (exact) mass is 495 g/mol. The van der Waals surface area contributed by atoms with Crippen LogP contribution in [0.3, 0.4) is 0 Å². The van der Waals surface area contributed by atoms with Gasteiger partial charge >= 0.3 is 0 Å². The molecule has 2 fully saturated rings. The molecule has 1 N–H and O–H groups in total. The van der Waals surface area contributed by atoms with Crippen molar-refractivity contribution in [2.75, 3.05) is 49.6 Å². The topological polar surface area (TPSA) is 105 Å². The Bertz CT molecular complexity index is 1300. The van der Waals surface area contributed by atoms with Crippen molar-refractivity contribution >= 4 is 38.6 Å². The zero-order valence-corrected chi connectivity index (χ0v) is 20.3. The Morgan fingerprint density at radius 3 is 2.26 bits per heavy atom. The molecule has 2 aromatic carbocycles. The fraction of sp³-hybridized carbons (Fsp3) is 0.400. The number of fused-ring (bicyclic) bond motifs is 1. The number of aromatic nitrogens is 2. The molecule has 5 rings (SSSR count). The molecular formula is C25H29N5O4S. The molecule has 3 aromatic rings. The number of nitrogens with zero attached hydrogens (tertiary/aromatic N) is 4. The van der Waals surface area contributed by atoms with E-state index in [0.29, 0.717) is 44.4 Å². The first-order valence-electron chi connectivity index (χ1n) is 12.0. The molecule has 2 saturated heterocycles. The number of benzene rings is 2. The van der Waals surface area contributed by atoms with Crippen LogP contribution in [-0.4, -0.2) is 68.0 Å². The summed E-state index contributed by atoms with van der Waals surface area (Å²) in [4.78, 5) is 24.7. The van der Waals surface area contributed by atoms with E-state index in [9.17, 15) is 13.2 Å². The second-order valence-corrected chi connectivity index (χ2v) is 10.7. The fourth-order valence-corrected chi connectivity index (χ4v) is 5.85. The number of sulfonamides is 1. The third kappa shape index (κ3) is 5.29. The van der Waals surface area contributed by atoms with Gasteiger partial charge in [-0.2, -0.15) is 4.31 Å². The number of ether oxygens (including phenoxy) is 1. The van der Waals surface area contributed by atoms with Crippen molar-refractivity contribution in [2.45, 2.75) is 30.6 Å². The average Bonchev–Trinajstić information content (AvgIpc) is 3.43. The van der Waals surface area contributed by atoms with Crippen molar-refractivity contribution in [2.24, 2.45) is 0 Å². The van der Waals surface area contributed by atoms with Crippen LogP contribution in [0.5, 0.6) is 0 Å². The molecule has 0 aliphatic carbocycles. The molecular weight excluding hydrogens is 466 g/mol. The SMILES string of the molecule is O=C(CCc1ccc(S(=O)(=O)N2CCOCC2)cc1)Nc1nc2ccccc2nc1N1CCCC1. The van der Waals surface area contributed by atoms with Crippen molar-refractivity contribution in [1.82, 2.24) is 14.3 Å². The number of morpholine rings is 1. The Balaban J connectivity index is 1.25. The van der Waals surface area contributed by atoms with Gasteiger partial charge in [0.1, 0.15) is 0 Å². The number of para-hydroxylation sites is 2. The van der Waals surface area contributed by atoms with Crippen LogP contribution in [0.4, 0.5) is 11.6 Å². The van der Waals surface area contributed by atoms with E-state index in [4.69, 9.17) is 9.72 Å². The summed E-state index contributed by atoms with van der Waals surface area (Å²) in [5.74, 6) is 1.05. The Kier molecular flexibility index (Phi) is 6.94. The van der Waals surface area contributed by atoms with Gasteiger partial charge in [0.2, 0.25) is 15.9 Å². The smallest absolute Gasteiger partial charge is 0.243 e.